The summed E-state index contributed by atoms with van der Waals surface area (Å²) in [5, 5.41) is 11.4. The van der Waals surface area contributed by atoms with Gasteiger partial charge >= 0.3 is 18.1 Å². The molecule has 0 spiro atoms. The molecule has 9 nitrogen and oxygen atoms in total. The number of nitro groups is 1. The lowest BCUT2D eigenvalue weighted by molar-refractivity contribution is -0.384. The fourth-order valence-corrected chi connectivity index (χ4v) is 3.11. The van der Waals surface area contributed by atoms with Crippen LogP contribution in [-0.4, -0.2) is 44.4 Å². The van der Waals surface area contributed by atoms with Crippen LogP contribution in [0.4, 0.5) is 24.5 Å². The highest BCUT2D eigenvalue weighted by atomic mass is 79.9. The van der Waals surface area contributed by atoms with E-state index >= 15 is 0 Å². The second-order valence-corrected chi connectivity index (χ2v) is 6.12. The lowest BCUT2D eigenvalue weighted by Crippen LogP contribution is -2.40. The third kappa shape index (κ3) is 3.94. The maximum atomic E-state index is 13.7. The molecular formula is C15H12BrF3N2O7. The summed E-state index contributed by atoms with van der Waals surface area (Å²) in [5.41, 5.74) is -4.44. The molecular weight excluding hydrogens is 457 g/mol. The molecule has 1 aromatic carbocycles. The normalized spacial score (nSPS) is 14.7. The number of methoxy groups -OCH3 is 2. The van der Waals surface area contributed by atoms with Crippen molar-refractivity contribution in [2.75, 3.05) is 32.5 Å². The van der Waals surface area contributed by atoms with Gasteiger partial charge in [0.25, 0.3) is 5.69 Å². The molecule has 152 valence electrons. The summed E-state index contributed by atoms with van der Waals surface area (Å²) in [5.74, 6) is -2.25. The summed E-state index contributed by atoms with van der Waals surface area (Å²) >= 11 is 2.73. The van der Waals surface area contributed by atoms with Crippen molar-refractivity contribution in [2.24, 2.45) is 0 Å². The van der Waals surface area contributed by atoms with Crippen LogP contribution in [0, 0.1) is 10.1 Å². The Bertz CT molecular complexity index is 870. The fourth-order valence-electron chi connectivity index (χ4n) is 2.57. The van der Waals surface area contributed by atoms with E-state index in [1.807, 2.05) is 0 Å². The van der Waals surface area contributed by atoms with Crippen molar-refractivity contribution < 1.29 is 41.9 Å². The van der Waals surface area contributed by atoms with Crippen molar-refractivity contribution in [1.82, 2.24) is 0 Å². The topological polar surface area (TPSA) is 108 Å². The average molecular weight is 469 g/mol. The number of benzene rings is 1. The van der Waals surface area contributed by atoms with Gasteiger partial charge in [0, 0.05) is 10.5 Å². The van der Waals surface area contributed by atoms with E-state index in [0.717, 1.165) is 26.4 Å². The predicted octanol–water partition coefficient (Wildman–Crippen LogP) is 2.77. The van der Waals surface area contributed by atoms with Gasteiger partial charge in [-0.15, -0.1) is 0 Å². The van der Waals surface area contributed by atoms with Crippen LogP contribution in [0.25, 0.3) is 0 Å². The number of hydrogen-bond donors (Lipinski definition) is 0. The van der Waals surface area contributed by atoms with Crippen molar-refractivity contribution >= 4 is 39.2 Å². The van der Waals surface area contributed by atoms with Gasteiger partial charge in [-0.25, -0.2) is 9.59 Å². The standard InChI is InChI=1S/C15H12BrF3N2O7/c1-26-13(22)7-5-28-6-20(11(7)14(23)27-2)12-9(21(24)25)4-3-8(16)10(12)15(17,18)19/h3-4H,5-6H2,1-2H3. The molecule has 1 aliphatic rings. The molecule has 0 saturated heterocycles. The van der Waals surface area contributed by atoms with Gasteiger partial charge in [0.15, 0.2) is 0 Å². The number of alkyl halides is 3. The molecule has 13 heteroatoms. The number of nitro benzene ring substituents is 1. The van der Waals surface area contributed by atoms with Gasteiger partial charge in [-0.05, 0) is 6.07 Å². The lowest BCUT2D eigenvalue weighted by atomic mass is 10.1. The number of esters is 2. The van der Waals surface area contributed by atoms with Crippen LogP contribution in [0.3, 0.4) is 0 Å². The molecule has 1 aliphatic heterocycles. The summed E-state index contributed by atoms with van der Waals surface area (Å²) in [4.78, 5) is 35.2. The largest absolute Gasteiger partial charge is 0.466 e. The molecule has 2 rings (SSSR count). The molecule has 0 saturated carbocycles. The zero-order valence-electron chi connectivity index (χ0n) is 14.3. The lowest BCUT2D eigenvalue weighted by Gasteiger charge is -2.32. The van der Waals surface area contributed by atoms with Gasteiger partial charge in [-0.1, -0.05) is 15.9 Å². The zero-order chi connectivity index (χ0) is 21.2. The molecule has 0 bridgehead atoms. The maximum absolute atomic E-state index is 13.7. The highest BCUT2D eigenvalue weighted by molar-refractivity contribution is 9.10. The number of ether oxygens (including phenoxy) is 3. The quantitative estimate of drug-likeness (QED) is 0.377. The van der Waals surface area contributed by atoms with E-state index in [4.69, 9.17) is 4.74 Å². The minimum atomic E-state index is -5.04. The molecule has 0 fully saturated rings. The summed E-state index contributed by atoms with van der Waals surface area (Å²) in [6.07, 6.45) is -5.04. The number of carbonyl (C=O) groups is 2. The fraction of sp³-hybridized carbons (Fsp3) is 0.333. The molecule has 0 N–H and O–H groups in total. The van der Waals surface area contributed by atoms with Crippen LogP contribution in [-0.2, 0) is 30.0 Å². The predicted molar refractivity (Wildman–Crippen MR) is 90.2 cm³/mol. The summed E-state index contributed by atoms with van der Waals surface area (Å²) < 4.78 is 54.8. The molecule has 1 heterocycles. The maximum Gasteiger partial charge on any atom is 0.419 e. The van der Waals surface area contributed by atoms with E-state index in [0.29, 0.717) is 4.90 Å². The second-order valence-electron chi connectivity index (χ2n) is 5.26. The van der Waals surface area contributed by atoms with E-state index in [-0.39, 0.29) is 0 Å². The molecule has 0 aliphatic carbocycles. The molecule has 28 heavy (non-hydrogen) atoms. The number of hydrogen-bond acceptors (Lipinski definition) is 8. The Labute approximate surface area is 163 Å². The van der Waals surface area contributed by atoms with E-state index < -0.39 is 69.1 Å². The Morgan fingerprint density at radius 2 is 1.86 bits per heavy atom. The molecule has 0 unspecified atom stereocenters. The highest BCUT2D eigenvalue weighted by Crippen LogP contribution is 2.47. The van der Waals surface area contributed by atoms with Crippen LogP contribution in [0.5, 0.6) is 0 Å². The Hall–Kier alpha value is -2.67. The van der Waals surface area contributed by atoms with Gasteiger partial charge in [0.05, 0.1) is 31.3 Å². The van der Waals surface area contributed by atoms with Crippen LogP contribution < -0.4 is 4.90 Å². The third-order valence-electron chi connectivity index (χ3n) is 3.69. The minimum absolute atomic E-state index is 0.442. The Balaban J connectivity index is 2.91. The summed E-state index contributed by atoms with van der Waals surface area (Å²) in [7, 11) is 1.93. The number of rotatable bonds is 4. The van der Waals surface area contributed by atoms with Gasteiger partial charge < -0.3 is 19.1 Å². The molecule has 0 amide bonds. The van der Waals surface area contributed by atoms with E-state index in [9.17, 15) is 32.9 Å². The van der Waals surface area contributed by atoms with Crippen molar-refractivity contribution in [3.8, 4) is 0 Å². The second kappa shape index (κ2) is 8.14. The summed E-state index contributed by atoms with van der Waals surface area (Å²) in [6, 6.07) is 1.69. The van der Waals surface area contributed by atoms with Gasteiger partial charge in [0.2, 0.25) is 0 Å². The van der Waals surface area contributed by atoms with Crippen molar-refractivity contribution in [3.05, 3.63) is 43.6 Å². The first-order valence-electron chi connectivity index (χ1n) is 7.33. The third-order valence-corrected chi connectivity index (χ3v) is 4.35. The van der Waals surface area contributed by atoms with Crippen molar-refractivity contribution in [1.29, 1.82) is 0 Å². The first-order valence-corrected chi connectivity index (χ1v) is 8.13. The average Bonchev–Trinajstić information content (AvgIpc) is 2.64. The number of carbonyl (C=O) groups excluding carboxylic acids is 2. The van der Waals surface area contributed by atoms with Gasteiger partial charge in [0.1, 0.15) is 23.7 Å². The minimum Gasteiger partial charge on any atom is -0.466 e. The van der Waals surface area contributed by atoms with Crippen LogP contribution >= 0.6 is 15.9 Å². The molecule has 1 aromatic rings. The van der Waals surface area contributed by atoms with Crippen LogP contribution in [0.15, 0.2) is 27.9 Å². The van der Waals surface area contributed by atoms with Crippen LogP contribution in [0.1, 0.15) is 5.56 Å². The Morgan fingerprint density at radius 3 is 2.36 bits per heavy atom. The first kappa shape index (κ1) is 21.6. The highest BCUT2D eigenvalue weighted by Gasteiger charge is 2.44. The van der Waals surface area contributed by atoms with E-state index in [2.05, 4.69) is 25.4 Å². The summed E-state index contributed by atoms with van der Waals surface area (Å²) in [6.45, 7) is -1.14. The van der Waals surface area contributed by atoms with Gasteiger partial charge in [-0.2, -0.15) is 13.2 Å². The number of halogens is 4. The van der Waals surface area contributed by atoms with E-state index in [1.54, 1.807) is 0 Å². The Morgan fingerprint density at radius 1 is 1.25 bits per heavy atom. The smallest absolute Gasteiger partial charge is 0.419 e. The van der Waals surface area contributed by atoms with Crippen molar-refractivity contribution in [3.63, 3.8) is 0 Å². The Kier molecular flexibility index (Phi) is 6.29. The monoisotopic (exact) mass is 468 g/mol. The zero-order valence-corrected chi connectivity index (χ0v) is 15.9. The molecule has 0 atom stereocenters. The van der Waals surface area contributed by atoms with Crippen LogP contribution in [0.2, 0.25) is 0 Å². The number of anilines is 1. The number of nitrogens with zero attached hydrogens (tertiary/aromatic N) is 2. The molecule has 0 radical (unpaired) electrons. The SMILES string of the molecule is COC(=O)C1=C(C(=O)OC)N(c2c([N+](=O)[O-])ccc(Br)c2C(F)(F)F)COC1. The van der Waals surface area contributed by atoms with Gasteiger partial charge in [-0.3, -0.25) is 10.1 Å². The van der Waals surface area contributed by atoms with Crippen molar-refractivity contribution in [2.45, 2.75) is 6.18 Å². The molecule has 0 aromatic heterocycles. The first-order chi connectivity index (χ1) is 13.0. The van der Waals surface area contributed by atoms with E-state index in [1.165, 1.54) is 0 Å².